The maximum atomic E-state index is 4.53. The zero-order chi connectivity index (χ0) is 11.3. The van der Waals surface area contributed by atoms with Crippen molar-refractivity contribution in [2.75, 3.05) is 0 Å². The van der Waals surface area contributed by atoms with E-state index in [9.17, 15) is 0 Å². The first-order valence-corrected chi connectivity index (χ1v) is 5.22. The molecule has 0 saturated heterocycles. The van der Waals surface area contributed by atoms with Crippen molar-refractivity contribution in [2.45, 2.75) is 20.8 Å². The Kier molecular flexibility index (Phi) is 1.71. The Hall–Kier alpha value is -2.04. The average Bonchev–Trinajstić information content (AvgIpc) is 2.85. The van der Waals surface area contributed by atoms with E-state index in [1.165, 1.54) is 0 Å². The zero-order valence-electron chi connectivity index (χ0n) is 9.52. The Morgan fingerprint density at radius 1 is 1.25 bits per heavy atom. The predicted octanol–water partition coefficient (Wildman–Crippen LogP) is 1.77. The van der Waals surface area contributed by atoms with E-state index in [2.05, 4.69) is 15.1 Å². The summed E-state index contributed by atoms with van der Waals surface area (Å²) in [6.45, 7) is 6.00. The van der Waals surface area contributed by atoms with Crippen LogP contribution in [0.25, 0.3) is 11.5 Å². The largest absolute Gasteiger partial charge is 0.343 e. The molecule has 3 aromatic heterocycles. The summed E-state index contributed by atoms with van der Waals surface area (Å²) in [5, 5.41) is 4.44. The van der Waals surface area contributed by atoms with Crippen LogP contribution >= 0.6 is 0 Å². The molecule has 0 aliphatic carbocycles. The van der Waals surface area contributed by atoms with E-state index >= 15 is 0 Å². The van der Waals surface area contributed by atoms with Gasteiger partial charge in [0.25, 0.3) is 0 Å². The van der Waals surface area contributed by atoms with E-state index in [-0.39, 0.29) is 0 Å². The molecule has 0 amide bonds. The van der Waals surface area contributed by atoms with Crippen LogP contribution in [0.1, 0.15) is 17.2 Å². The van der Waals surface area contributed by atoms with Crippen LogP contribution < -0.4 is 0 Å². The number of aromatic amines is 1. The lowest BCUT2D eigenvalue weighted by molar-refractivity contribution is 0.813. The summed E-state index contributed by atoms with van der Waals surface area (Å²) < 4.78 is 3.89. The Morgan fingerprint density at radius 3 is 2.75 bits per heavy atom. The summed E-state index contributed by atoms with van der Waals surface area (Å²) in [5.74, 6) is 1.81. The second-order valence-corrected chi connectivity index (χ2v) is 4.00. The highest BCUT2D eigenvalue weighted by molar-refractivity contribution is 5.56. The highest BCUT2D eigenvalue weighted by atomic mass is 15.3. The smallest absolute Gasteiger partial charge is 0.197 e. The van der Waals surface area contributed by atoms with Gasteiger partial charge in [-0.3, -0.25) is 4.40 Å². The van der Waals surface area contributed by atoms with Crippen LogP contribution in [0, 0.1) is 20.8 Å². The fraction of sp³-hybridized carbons (Fsp3) is 0.273. The van der Waals surface area contributed by atoms with Gasteiger partial charge in [0.15, 0.2) is 11.5 Å². The van der Waals surface area contributed by atoms with E-state index in [1.807, 2.05) is 48.3 Å². The van der Waals surface area contributed by atoms with E-state index in [0.717, 1.165) is 28.7 Å². The normalized spacial score (nSPS) is 11.4. The van der Waals surface area contributed by atoms with Crippen LogP contribution in [0.15, 0.2) is 18.5 Å². The summed E-state index contributed by atoms with van der Waals surface area (Å²) in [7, 11) is 0. The lowest BCUT2D eigenvalue weighted by atomic mass is 10.4. The van der Waals surface area contributed by atoms with Gasteiger partial charge in [-0.15, -0.1) is 0 Å². The molecule has 0 bridgehead atoms. The third-order valence-electron chi connectivity index (χ3n) is 2.72. The molecule has 0 aliphatic rings. The Labute approximate surface area is 92.7 Å². The molecule has 16 heavy (non-hydrogen) atoms. The molecule has 5 nitrogen and oxygen atoms in total. The molecule has 82 valence electrons. The number of nitrogens with one attached hydrogen (secondary N) is 1. The maximum absolute atomic E-state index is 4.53. The van der Waals surface area contributed by atoms with Crippen LogP contribution in [0.4, 0.5) is 0 Å². The number of aryl methyl sites for hydroxylation is 3. The van der Waals surface area contributed by atoms with Gasteiger partial charge in [-0.2, -0.15) is 5.10 Å². The fourth-order valence-corrected chi connectivity index (χ4v) is 2.03. The van der Waals surface area contributed by atoms with Gasteiger partial charge in [0.1, 0.15) is 5.82 Å². The second kappa shape index (κ2) is 2.98. The third kappa shape index (κ3) is 1.11. The molecule has 0 atom stereocenters. The molecule has 3 aromatic rings. The first kappa shape index (κ1) is 9.21. The lowest BCUT2D eigenvalue weighted by Gasteiger charge is -1.98. The van der Waals surface area contributed by atoms with Gasteiger partial charge in [0.2, 0.25) is 0 Å². The molecule has 3 rings (SSSR count). The van der Waals surface area contributed by atoms with Crippen molar-refractivity contribution in [3.63, 3.8) is 0 Å². The first-order valence-electron chi connectivity index (χ1n) is 5.22. The van der Waals surface area contributed by atoms with Crippen LogP contribution in [0.2, 0.25) is 0 Å². The molecule has 0 aliphatic heterocycles. The van der Waals surface area contributed by atoms with Crippen molar-refractivity contribution < 1.29 is 0 Å². The third-order valence-corrected chi connectivity index (χ3v) is 2.72. The molecular formula is C11H13N5. The molecule has 0 aromatic carbocycles. The Bertz CT molecular complexity index is 655. The van der Waals surface area contributed by atoms with Gasteiger partial charge in [-0.25, -0.2) is 9.67 Å². The number of hydrogen-bond acceptors (Lipinski definition) is 2. The number of fused-ring (bicyclic) bond motifs is 1. The number of hydrogen-bond donors (Lipinski definition) is 1. The maximum Gasteiger partial charge on any atom is 0.197 e. The van der Waals surface area contributed by atoms with Gasteiger partial charge in [-0.1, -0.05) is 0 Å². The van der Waals surface area contributed by atoms with Gasteiger partial charge in [0.05, 0.1) is 5.69 Å². The Balaban J connectivity index is 2.33. The molecule has 0 fully saturated rings. The first-order chi connectivity index (χ1) is 7.66. The van der Waals surface area contributed by atoms with Crippen molar-refractivity contribution in [1.82, 2.24) is 24.1 Å². The van der Waals surface area contributed by atoms with Crippen molar-refractivity contribution in [1.29, 1.82) is 0 Å². The molecule has 0 radical (unpaired) electrons. The molecule has 3 heterocycles. The molecule has 5 heteroatoms. The van der Waals surface area contributed by atoms with Gasteiger partial charge >= 0.3 is 0 Å². The standard InChI is InChI=1S/C11H13N5/c1-7-6-8(2)16(14-7)11-10-12-4-5-15(10)9(3)13-11/h4-6,12H,1-3H3. The molecule has 0 unspecified atom stereocenters. The minimum atomic E-state index is 0.855. The highest BCUT2D eigenvalue weighted by Gasteiger charge is 2.13. The topological polar surface area (TPSA) is 50.9 Å². The molecular weight excluding hydrogens is 202 g/mol. The van der Waals surface area contributed by atoms with Crippen LogP contribution in [-0.4, -0.2) is 24.1 Å². The van der Waals surface area contributed by atoms with E-state index in [0.29, 0.717) is 0 Å². The van der Waals surface area contributed by atoms with Crippen LogP contribution in [0.5, 0.6) is 0 Å². The van der Waals surface area contributed by atoms with Crippen molar-refractivity contribution in [2.24, 2.45) is 0 Å². The average molecular weight is 215 g/mol. The van der Waals surface area contributed by atoms with Crippen LogP contribution in [0.3, 0.4) is 0 Å². The van der Waals surface area contributed by atoms with Crippen LogP contribution in [-0.2, 0) is 0 Å². The number of rotatable bonds is 1. The van der Waals surface area contributed by atoms with E-state index in [4.69, 9.17) is 0 Å². The van der Waals surface area contributed by atoms with Gasteiger partial charge in [0, 0.05) is 18.1 Å². The van der Waals surface area contributed by atoms with E-state index < -0.39 is 0 Å². The molecule has 0 spiro atoms. The SMILES string of the molecule is Cc1cc(C)n(-c2nc(C)n3cc[nH]c23)n1. The number of aromatic nitrogens is 5. The fourth-order valence-electron chi connectivity index (χ4n) is 2.03. The highest BCUT2D eigenvalue weighted by Crippen LogP contribution is 2.17. The summed E-state index contributed by atoms with van der Waals surface area (Å²) in [4.78, 5) is 7.71. The van der Waals surface area contributed by atoms with Crippen molar-refractivity contribution >= 4 is 5.65 Å². The summed E-state index contributed by atoms with van der Waals surface area (Å²) in [6.07, 6.45) is 3.87. The summed E-state index contributed by atoms with van der Waals surface area (Å²) in [6, 6.07) is 2.05. The lowest BCUT2D eigenvalue weighted by Crippen LogP contribution is -2.00. The molecule has 1 N–H and O–H groups in total. The molecule has 0 saturated carbocycles. The quantitative estimate of drug-likeness (QED) is 0.672. The minimum Gasteiger partial charge on any atom is -0.343 e. The monoisotopic (exact) mass is 215 g/mol. The van der Waals surface area contributed by atoms with E-state index in [1.54, 1.807) is 0 Å². The number of imidazole rings is 2. The van der Waals surface area contributed by atoms with Crippen molar-refractivity contribution in [3.05, 3.63) is 35.7 Å². The van der Waals surface area contributed by atoms with Gasteiger partial charge in [-0.05, 0) is 26.8 Å². The minimum absolute atomic E-state index is 0.855. The Morgan fingerprint density at radius 2 is 2.06 bits per heavy atom. The van der Waals surface area contributed by atoms with Gasteiger partial charge < -0.3 is 4.98 Å². The number of nitrogens with zero attached hydrogens (tertiary/aromatic N) is 4. The summed E-state index contributed by atoms with van der Waals surface area (Å²) >= 11 is 0. The zero-order valence-corrected chi connectivity index (χ0v) is 9.52. The predicted molar refractivity (Wildman–Crippen MR) is 60.9 cm³/mol. The second-order valence-electron chi connectivity index (χ2n) is 4.00. The van der Waals surface area contributed by atoms with Crippen molar-refractivity contribution in [3.8, 4) is 5.82 Å². The number of H-pyrrole nitrogens is 1. The summed E-state index contributed by atoms with van der Waals surface area (Å²) in [5.41, 5.74) is 3.07.